The number of pyridine rings is 2. The third-order valence-corrected chi connectivity index (χ3v) is 6.15. The van der Waals surface area contributed by atoms with E-state index in [9.17, 15) is 14.4 Å². The highest BCUT2D eigenvalue weighted by Gasteiger charge is 2.28. The maximum atomic E-state index is 11.9. The first kappa shape index (κ1) is 19.8. The number of fused-ring (bicyclic) bond motifs is 2. The lowest BCUT2D eigenvalue weighted by atomic mass is 10.1. The van der Waals surface area contributed by atoms with Gasteiger partial charge in [-0.25, -0.2) is 0 Å². The van der Waals surface area contributed by atoms with Crippen molar-refractivity contribution >= 4 is 23.4 Å². The van der Waals surface area contributed by atoms with Crippen molar-refractivity contribution in [3.63, 3.8) is 0 Å². The van der Waals surface area contributed by atoms with Crippen LogP contribution in [0.25, 0.3) is 28.2 Å². The van der Waals surface area contributed by atoms with Crippen molar-refractivity contribution in [1.82, 2.24) is 10.6 Å². The number of rotatable bonds is 3. The molecule has 0 unspecified atom stereocenters. The molecule has 0 spiro atoms. The van der Waals surface area contributed by atoms with Crippen LogP contribution in [0.5, 0.6) is 0 Å². The summed E-state index contributed by atoms with van der Waals surface area (Å²) in [5.41, 5.74) is 6.69. The Kier molecular flexibility index (Phi) is 4.25. The Labute approximate surface area is 194 Å². The number of hydrogen-bond donors (Lipinski definition) is 2. The summed E-state index contributed by atoms with van der Waals surface area (Å²) in [6, 6.07) is 18.9. The van der Waals surface area contributed by atoms with Gasteiger partial charge in [0, 0.05) is 65.4 Å². The molecule has 4 aromatic rings. The fourth-order valence-corrected chi connectivity index (χ4v) is 4.31. The Bertz CT molecular complexity index is 1440. The molecule has 0 atom stereocenters. The largest absolute Gasteiger partial charge is 0.322 e. The van der Waals surface area contributed by atoms with Crippen molar-refractivity contribution in [2.45, 2.75) is 0 Å². The van der Waals surface area contributed by atoms with E-state index < -0.39 is 0 Å². The lowest BCUT2D eigenvalue weighted by Crippen LogP contribution is -2.30. The molecule has 7 heteroatoms. The zero-order valence-electron chi connectivity index (χ0n) is 17.9. The van der Waals surface area contributed by atoms with Crippen molar-refractivity contribution in [3.8, 4) is 22.5 Å². The number of nitrogens with zero attached hydrogens (tertiary/aromatic N) is 2. The second kappa shape index (κ2) is 7.31. The number of nitrogens with one attached hydrogen (secondary N) is 2. The Balaban J connectivity index is 1.26. The van der Waals surface area contributed by atoms with Gasteiger partial charge in [-0.15, -0.1) is 0 Å². The third kappa shape index (κ3) is 3.10. The van der Waals surface area contributed by atoms with Crippen LogP contribution in [0, 0.1) is 0 Å². The number of imide groups is 1. The van der Waals surface area contributed by atoms with Crippen LogP contribution in [0.4, 0.5) is 0 Å². The van der Waals surface area contributed by atoms with Gasteiger partial charge in [-0.05, 0) is 23.3 Å². The number of hydrogen-bond acceptors (Lipinski definition) is 3. The smallest absolute Gasteiger partial charge is 0.259 e. The van der Waals surface area contributed by atoms with Crippen molar-refractivity contribution in [1.29, 1.82) is 0 Å². The molecule has 162 valence electrons. The predicted octanol–water partition coefficient (Wildman–Crippen LogP) is 2.50. The van der Waals surface area contributed by atoms with Crippen LogP contribution in [-0.4, -0.2) is 17.7 Å². The van der Waals surface area contributed by atoms with E-state index in [1.54, 1.807) is 12.1 Å². The average Bonchev–Trinajstić information content (AvgIpc) is 3.32. The number of aromatic nitrogens is 2. The maximum Gasteiger partial charge on any atom is 0.259 e. The number of carbonyl (C=O) groups is 3. The summed E-state index contributed by atoms with van der Waals surface area (Å²) in [7, 11) is 0. The Morgan fingerprint density at radius 3 is 1.53 bits per heavy atom. The summed E-state index contributed by atoms with van der Waals surface area (Å²) in [6.07, 6.45) is 7.79. The molecule has 6 rings (SSSR count). The summed E-state index contributed by atoms with van der Waals surface area (Å²) in [6.45, 7) is 3.91. The summed E-state index contributed by atoms with van der Waals surface area (Å²) in [5.74, 6) is -0.847. The van der Waals surface area contributed by atoms with E-state index in [1.807, 2.05) is 82.5 Å². The molecule has 2 aliphatic rings. The van der Waals surface area contributed by atoms with Crippen molar-refractivity contribution in [2.24, 2.45) is 0 Å². The molecule has 3 amide bonds. The SMILES string of the molecule is C=C1NC(=O)c2ccc(-[n+]3ccc(-c4cc[n+](-c5ccc6c(c5)C(=O)NC6=O)cc4)cc3)cc21. The zero-order valence-corrected chi connectivity index (χ0v) is 17.9. The van der Waals surface area contributed by atoms with Crippen LogP contribution < -0.4 is 19.8 Å². The topological polar surface area (TPSA) is 83.0 Å². The van der Waals surface area contributed by atoms with E-state index in [0.29, 0.717) is 22.4 Å². The fourth-order valence-electron chi connectivity index (χ4n) is 4.31. The lowest BCUT2D eigenvalue weighted by Gasteiger charge is -2.03. The van der Waals surface area contributed by atoms with Crippen LogP contribution in [0.1, 0.15) is 36.6 Å². The average molecular weight is 446 g/mol. The molecule has 0 saturated heterocycles. The molecule has 0 fully saturated rings. The first-order valence-corrected chi connectivity index (χ1v) is 10.7. The number of amides is 3. The summed E-state index contributed by atoms with van der Waals surface area (Å²) in [5, 5.41) is 5.06. The Hall–Kier alpha value is -4.91. The number of carbonyl (C=O) groups excluding carboxylic acids is 3. The van der Waals surface area contributed by atoms with Crippen LogP contribution in [0.3, 0.4) is 0 Å². The highest BCUT2D eigenvalue weighted by atomic mass is 16.2. The first-order chi connectivity index (χ1) is 16.5. The van der Waals surface area contributed by atoms with Crippen LogP contribution >= 0.6 is 0 Å². The van der Waals surface area contributed by atoms with Gasteiger partial charge in [-0.2, -0.15) is 9.13 Å². The summed E-state index contributed by atoms with van der Waals surface area (Å²) in [4.78, 5) is 35.6. The number of benzene rings is 2. The molecular formula is C27H18N4O3+2. The minimum absolute atomic E-state index is 0.121. The van der Waals surface area contributed by atoms with Crippen LogP contribution in [0.15, 0.2) is 92.0 Å². The Morgan fingerprint density at radius 1 is 0.529 bits per heavy atom. The van der Waals surface area contributed by atoms with E-state index in [-0.39, 0.29) is 17.7 Å². The molecule has 7 nitrogen and oxygen atoms in total. The zero-order chi connectivity index (χ0) is 23.4. The predicted molar refractivity (Wildman–Crippen MR) is 123 cm³/mol. The van der Waals surface area contributed by atoms with Crippen molar-refractivity contribution < 1.29 is 23.5 Å². The monoisotopic (exact) mass is 446 g/mol. The van der Waals surface area contributed by atoms with E-state index in [2.05, 4.69) is 17.2 Å². The second-order valence-corrected chi connectivity index (χ2v) is 8.16. The molecule has 2 aromatic heterocycles. The van der Waals surface area contributed by atoms with E-state index in [1.165, 1.54) is 0 Å². The van der Waals surface area contributed by atoms with E-state index >= 15 is 0 Å². The standard InChI is InChI=1S/C27H16N4O3/c1-16-23-14-19(2-4-21(23)25(32)28-16)30-10-6-17(7-11-30)18-8-12-31(13-9-18)20-3-5-22-24(15-20)27(34)29-26(22)33/h2-15H,1H2/p+2. The van der Waals surface area contributed by atoms with Gasteiger partial charge in [0.05, 0.1) is 11.1 Å². The van der Waals surface area contributed by atoms with Crippen molar-refractivity contribution in [2.75, 3.05) is 0 Å². The molecule has 2 aliphatic heterocycles. The first-order valence-electron chi connectivity index (χ1n) is 10.7. The minimum Gasteiger partial charge on any atom is -0.322 e. The molecule has 4 heterocycles. The van der Waals surface area contributed by atoms with Gasteiger partial charge in [-0.1, -0.05) is 6.58 Å². The van der Waals surface area contributed by atoms with Gasteiger partial charge in [0.15, 0.2) is 24.8 Å². The fraction of sp³-hybridized carbons (Fsp3) is 0. The van der Waals surface area contributed by atoms with Crippen LogP contribution in [0.2, 0.25) is 0 Å². The summed E-state index contributed by atoms with van der Waals surface area (Å²) >= 11 is 0. The highest BCUT2D eigenvalue weighted by molar-refractivity contribution is 6.21. The Morgan fingerprint density at radius 2 is 0.971 bits per heavy atom. The molecule has 0 aliphatic carbocycles. The van der Waals surface area contributed by atoms with Gasteiger partial charge in [0.2, 0.25) is 11.4 Å². The normalized spacial score (nSPS) is 14.0. The highest BCUT2D eigenvalue weighted by Crippen LogP contribution is 2.24. The molecule has 34 heavy (non-hydrogen) atoms. The molecule has 0 bridgehead atoms. The summed E-state index contributed by atoms with van der Waals surface area (Å²) < 4.78 is 3.88. The molecule has 0 saturated carbocycles. The van der Waals surface area contributed by atoms with Gasteiger partial charge in [0.1, 0.15) is 0 Å². The van der Waals surface area contributed by atoms with Gasteiger partial charge < -0.3 is 5.32 Å². The third-order valence-electron chi connectivity index (χ3n) is 6.15. The van der Waals surface area contributed by atoms with E-state index in [4.69, 9.17) is 0 Å². The molecular weight excluding hydrogens is 428 g/mol. The lowest BCUT2D eigenvalue weighted by molar-refractivity contribution is -0.596. The molecule has 0 radical (unpaired) electrons. The van der Waals surface area contributed by atoms with Gasteiger partial charge in [-0.3, -0.25) is 19.7 Å². The van der Waals surface area contributed by atoms with Gasteiger partial charge in [0.25, 0.3) is 17.7 Å². The molecule has 2 N–H and O–H groups in total. The molecule has 2 aromatic carbocycles. The maximum absolute atomic E-state index is 11.9. The van der Waals surface area contributed by atoms with Crippen molar-refractivity contribution in [3.05, 3.63) is 114 Å². The van der Waals surface area contributed by atoms with Gasteiger partial charge >= 0.3 is 0 Å². The van der Waals surface area contributed by atoms with Crippen LogP contribution in [-0.2, 0) is 0 Å². The minimum atomic E-state index is -0.368. The van der Waals surface area contributed by atoms with E-state index in [0.717, 1.165) is 28.1 Å². The quantitative estimate of drug-likeness (QED) is 0.375. The second-order valence-electron chi connectivity index (χ2n) is 8.16.